The molecule has 0 aliphatic heterocycles. The van der Waals surface area contributed by atoms with Crippen LogP contribution in [0.15, 0.2) is 48.5 Å². The first-order valence-corrected chi connectivity index (χ1v) is 7.41. The lowest BCUT2D eigenvalue weighted by Crippen LogP contribution is -2.24. The number of hydrogen-bond acceptors (Lipinski definition) is 1. The maximum atomic E-state index is 12.5. The zero-order chi connectivity index (χ0) is 15.7. The zero-order valence-corrected chi connectivity index (χ0v) is 13.4. The van der Waals surface area contributed by atoms with Crippen LogP contribution in [0.25, 0.3) is 0 Å². The largest absolute Gasteiger partial charge is 0.416 e. The van der Waals surface area contributed by atoms with Crippen LogP contribution in [0.5, 0.6) is 0 Å². The minimum atomic E-state index is -4.34. The van der Waals surface area contributed by atoms with Gasteiger partial charge in [-0.05, 0) is 64.9 Å². The maximum Gasteiger partial charge on any atom is 0.416 e. The summed E-state index contributed by atoms with van der Waals surface area (Å²) >= 11 is 2.17. The minimum Gasteiger partial charge on any atom is -0.385 e. The molecule has 0 aliphatic carbocycles. The lowest BCUT2D eigenvalue weighted by Gasteiger charge is -2.24. The topological polar surface area (TPSA) is 20.2 Å². The number of aliphatic hydroxyl groups is 1. The van der Waals surface area contributed by atoms with Crippen molar-refractivity contribution in [2.24, 2.45) is 0 Å². The first kappa shape index (κ1) is 16.3. The highest BCUT2D eigenvalue weighted by atomic mass is 127. The normalized spacial score (nSPS) is 14.8. The van der Waals surface area contributed by atoms with Crippen LogP contribution in [0.1, 0.15) is 23.6 Å². The lowest BCUT2D eigenvalue weighted by molar-refractivity contribution is -0.137. The van der Waals surface area contributed by atoms with E-state index in [9.17, 15) is 18.3 Å². The third-order valence-electron chi connectivity index (χ3n) is 3.30. The highest BCUT2D eigenvalue weighted by Crippen LogP contribution is 2.31. The fourth-order valence-corrected chi connectivity index (χ4v) is 2.48. The second kappa shape index (κ2) is 5.96. The van der Waals surface area contributed by atoms with Crippen molar-refractivity contribution < 1.29 is 18.3 Å². The summed E-state index contributed by atoms with van der Waals surface area (Å²) in [4.78, 5) is 0. The van der Waals surface area contributed by atoms with Gasteiger partial charge < -0.3 is 5.11 Å². The summed E-state index contributed by atoms with van der Waals surface area (Å²) in [5.74, 6) is 0. The van der Waals surface area contributed by atoms with Gasteiger partial charge in [0.25, 0.3) is 0 Å². The van der Waals surface area contributed by atoms with Crippen molar-refractivity contribution in [3.63, 3.8) is 0 Å². The predicted octanol–water partition coefficient (Wildman–Crippen LogP) is 4.76. The number of hydrogen-bond donors (Lipinski definition) is 1. The van der Waals surface area contributed by atoms with Gasteiger partial charge in [0.2, 0.25) is 0 Å². The van der Waals surface area contributed by atoms with Crippen molar-refractivity contribution >= 4 is 22.6 Å². The Hall–Kier alpha value is -1.08. The summed E-state index contributed by atoms with van der Waals surface area (Å²) in [6, 6.07) is 12.3. The van der Waals surface area contributed by atoms with Crippen LogP contribution in [0.2, 0.25) is 0 Å². The first-order chi connectivity index (χ1) is 9.68. The second-order valence-corrected chi connectivity index (χ2v) is 6.40. The molecule has 1 atom stereocenters. The molecule has 112 valence electrons. The van der Waals surface area contributed by atoms with Crippen LogP contribution in [0.3, 0.4) is 0 Å². The molecule has 2 aromatic carbocycles. The lowest BCUT2D eigenvalue weighted by atomic mass is 9.89. The summed E-state index contributed by atoms with van der Waals surface area (Å²) in [5.41, 5.74) is -0.404. The van der Waals surface area contributed by atoms with Crippen LogP contribution in [0, 0.1) is 3.57 Å². The van der Waals surface area contributed by atoms with Crippen molar-refractivity contribution in [1.82, 2.24) is 0 Å². The molecule has 21 heavy (non-hydrogen) atoms. The molecule has 0 aliphatic rings. The third-order valence-corrected chi connectivity index (χ3v) is 4.01. The van der Waals surface area contributed by atoms with Gasteiger partial charge in [0.1, 0.15) is 0 Å². The maximum absolute atomic E-state index is 12.5. The van der Waals surface area contributed by atoms with E-state index in [0.717, 1.165) is 21.3 Å². The number of benzene rings is 2. The Morgan fingerprint density at radius 3 is 1.86 bits per heavy atom. The average molecular weight is 406 g/mol. The molecule has 0 saturated heterocycles. The van der Waals surface area contributed by atoms with E-state index in [-0.39, 0.29) is 6.42 Å². The number of rotatable bonds is 3. The van der Waals surface area contributed by atoms with E-state index in [1.807, 2.05) is 24.3 Å². The molecule has 0 saturated carbocycles. The Labute approximate surface area is 135 Å². The van der Waals surface area contributed by atoms with Crippen molar-refractivity contribution in [2.75, 3.05) is 0 Å². The highest BCUT2D eigenvalue weighted by Gasteiger charge is 2.30. The Kier molecular flexibility index (Phi) is 4.63. The van der Waals surface area contributed by atoms with Gasteiger partial charge in [-0.3, -0.25) is 0 Å². The van der Waals surface area contributed by atoms with Crippen LogP contribution in [0.4, 0.5) is 13.2 Å². The van der Waals surface area contributed by atoms with Crippen LogP contribution in [-0.4, -0.2) is 5.11 Å². The van der Waals surface area contributed by atoms with Crippen molar-refractivity contribution in [3.8, 4) is 0 Å². The number of halogens is 4. The smallest absolute Gasteiger partial charge is 0.385 e. The summed E-state index contributed by atoms with van der Waals surface area (Å²) in [6.07, 6.45) is -4.08. The van der Waals surface area contributed by atoms with Crippen molar-refractivity contribution in [1.29, 1.82) is 0 Å². The molecule has 0 heterocycles. The molecule has 0 amide bonds. The van der Waals surface area contributed by atoms with Crippen LogP contribution >= 0.6 is 22.6 Å². The molecule has 0 aromatic heterocycles. The SMILES string of the molecule is CC(O)(Cc1ccc(C(F)(F)F)cc1)c1ccc(I)cc1. The molecule has 0 fully saturated rings. The molecule has 1 unspecified atom stereocenters. The predicted molar refractivity (Wildman–Crippen MR) is 83.9 cm³/mol. The van der Waals surface area contributed by atoms with Gasteiger partial charge in [-0.25, -0.2) is 0 Å². The van der Waals surface area contributed by atoms with Crippen molar-refractivity contribution in [3.05, 3.63) is 68.8 Å². The molecule has 5 heteroatoms. The van der Waals surface area contributed by atoms with E-state index < -0.39 is 17.3 Å². The van der Waals surface area contributed by atoms with E-state index in [0.29, 0.717) is 5.56 Å². The molecule has 2 rings (SSSR count). The molecular weight excluding hydrogens is 392 g/mol. The summed E-state index contributed by atoms with van der Waals surface area (Å²) < 4.78 is 38.6. The van der Waals surface area contributed by atoms with Gasteiger partial charge in [0, 0.05) is 9.99 Å². The molecule has 2 aromatic rings. The molecule has 1 N–H and O–H groups in total. The van der Waals surface area contributed by atoms with E-state index in [1.165, 1.54) is 12.1 Å². The molecule has 0 radical (unpaired) electrons. The molecule has 0 bridgehead atoms. The quantitative estimate of drug-likeness (QED) is 0.729. The molecule has 0 spiro atoms. The Balaban J connectivity index is 2.18. The van der Waals surface area contributed by atoms with Crippen LogP contribution < -0.4 is 0 Å². The highest BCUT2D eigenvalue weighted by molar-refractivity contribution is 14.1. The Bertz CT molecular complexity index is 601. The van der Waals surface area contributed by atoms with E-state index >= 15 is 0 Å². The third kappa shape index (κ3) is 4.20. The number of alkyl halides is 3. The summed E-state index contributed by atoms with van der Waals surface area (Å²) in [6.45, 7) is 1.66. The van der Waals surface area contributed by atoms with Crippen LogP contribution in [-0.2, 0) is 18.2 Å². The fraction of sp³-hybridized carbons (Fsp3) is 0.250. The Morgan fingerprint density at radius 1 is 0.905 bits per heavy atom. The monoisotopic (exact) mass is 406 g/mol. The second-order valence-electron chi connectivity index (χ2n) is 5.15. The molecular formula is C16H14F3IO. The van der Waals surface area contributed by atoms with Gasteiger partial charge in [-0.15, -0.1) is 0 Å². The standard InChI is InChI=1S/C16H14F3IO/c1-15(21,12-6-8-14(20)9-7-12)10-11-2-4-13(5-3-11)16(17,18)19/h2-9,21H,10H2,1H3. The summed E-state index contributed by atoms with van der Waals surface area (Å²) in [7, 11) is 0. The van der Waals surface area contributed by atoms with Crippen molar-refractivity contribution in [2.45, 2.75) is 25.1 Å². The first-order valence-electron chi connectivity index (χ1n) is 6.33. The van der Waals surface area contributed by atoms with Gasteiger partial charge in [0.15, 0.2) is 0 Å². The molecule has 1 nitrogen and oxygen atoms in total. The fourth-order valence-electron chi connectivity index (χ4n) is 2.12. The van der Waals surface area contributed by atoms with Gasteiger partial charge >= 0.3 is 6.18 Å². The average Bonchev–Trinajstić information content (AvgIpc) is 2.38. The summed E-state index contributed by atoms with van der Waals surface area (Å²) in [5, 5.41) is 10.5. The van der Waals surface area contributed by atoms with Gasteiger partial charge in [0.05, 0.1) is 11.2 Å². The zero-order valence-electron chi connectivity index (χ0n) is 11.3. The van der Waals surface area contributed by atoms with E-state index in [2.05, 4.69) is 22.6 Å². The minimum absolute atomic E-state index is 0.256. The van der Waals surface area contributed by atoms with Gasteiger partial charge in [-0.2, -0.15) is 13.2 Å². The Morgan fingerprint density at radius 2 is 1.38 bits per heavy atom. The van der Waals surface area contributed by atoms with E-state index in [4.69, 9.17) is 0 Å². The van der Waals surface area contributed by atoms with E-state index in [1.54, 1.807) is 6.92 Å². The van der Waals surface area contributed by atoms with Gasteiger partial charge in [-0.1, -0.05) is 24.3 Å².